The van der Waals surface area contributed by atoms with E-state index in [2.05, 4.69) is 10.3 Å². The zero-order valence-electron chi connectivity index (χ0n) is 9.64. The average Bonchev–Trinajstić information content (AvgIpc) is 2.34. The molecule has 1 aromatic carbocycles. The Kier molecular flexibility index (Phi) is 3.48. The third-order valence-corrected chi connectivity index (χ3v) is 2.73. The molecule has 4 nitrogen and oxygen atoms in total. The van der Waals surface area contributed by atoms with Crippen LogP contribution >= 0.6 is 11.6 Å². The number of nitrogens with one attached hydrogen (secondary N) is 1. The summed E-state index contributed by atoms with van der Waals surface area (Å²) in [4.78, 5) is 16.0. The van der Waals surface area contributed by atoms with Gasteiger partial charge < -0.3 is 10.4 Å². The second-order valence-electron chi connectivity index (χ2n) is 3.79. The summed E-state index contributed by atoms with van der Waals surface area (Å²) in [5, 5.41) is 12.1. The first-order valence-corrected chi connectivity index (χ1v) is 5.67. The minimum atomic E-state index is -0.310. The molecule has 0 saturated heterocycles. The number of aromatic hydroxyl groups is 1. The van der Waals surface area contributed by atoms with Crippen LogP contribution in [0.5, 0.6) is 5.75 Å². The molecule has 2 rings (SSSR count). The van der Waals surface area contributed by atoms with Gasteiger partial charge in [-0.3, -0.25) is 9.78 Å². The molecule has 0 aliphatic carbocycles. The third kappa shape index (κ3) is 2.60. The minimum Gasteiger partial charge on any atom is -0.506 e. The number of phenolic OH excluding ortho intramolecular Hbond substituents is 1. The van der Waals surface area contributed by atoms with E-state index in [4.69, 9.17) is 11.6 Å². The Labute approximate surface area is 109 Å². The molecule has 92 valence electrons. The topological polar surface area (TPSA) is 62.2 Å². The highest BCUT2D eigenvalue weighted by Crippen LogP contribution is 2.26. The Morgan fingerprint density at radius 3 is 2.83 bits per heavy atom. The molecule has 1 heterocycles. The molecule has 0 saturated carbocycles. The smallest absolute Gasteiger partial charge is 0.274 e. The lowest BCUT2D eigenvalue weighted by atomic mass is 10.2. The van der Waals surface area contributed by atoms with Crippen LogP contribution in [0.2, 0.25) is 5.02 Å². The van der Waals surface area contributed by atoms with Gasteiger partial charge in [-0.2, -0.15) is 0 Å². The second-order valence-corrected chi connectivity index (χ2v) is 4.20. The summed E-state index contributed by atoms with van der Waals surface area (Å²) in [7, 11) is 0. The van der Waals surface area contributed by atoms with E-state index in [0.717, 1.165) is 5.56 Å². The van der Waals surface area contributed by atoms with Crippen LogP contribution in [0.3, 0.4) is 0 Å². The van der Waals surface area contributed by atoms with Crippen LogP contribution in [0, 0.1) is 6.92 Å². The number of carbonyl (C=O) groups is 1. The van der Waals surface area contributed by atoms with Gasteiger partial charge in [0.2, 0.25) is 0 Å². The fourth-order valence-electron chi connectivity index (χ4n) is 1.50. The van der Waals surface area contributed by atoms with Crippen molar-refractivity contribution in [3.05, 3.63) is 52.8 Å². The van der Waals surface area contributed by atoms with Crippen LogP contribution in [0.1, 0.15) is 16.1 Å². The maximum atomic E-state index is 12.0. The minimum absolute atomic E-state index is 0.0244. The van der Waals surface area contributed by atoms with Crippen molar-refractivity contribution < 1.29 is 9.90 Å². The van der Waals surface area contributed by atoms with Gasteiger partial charge >= 0.3 is 0 Å². The predicted octanol–water partition coefficient (Wildman–Crippen LogP) is 3.00. The zero-order valence-corrected chi connectivity index (χ0v) is 10.4. The molecule has 0 atom stereocenters. The normalized spacial score (nSPS) is 10.1. The molecule has 0 aliphatic heterocycles. The zero-order chi connectivity index (χ0) is 13.1. The Morgan fingerprint density at radius 2 is 2.17 bits per heavy atom. The summed E-state index contributed by atoms with van der Waals surface area (Å²) < 4.78 is 0. The van der Waals surface area contributed by atoms with Gasteiger partial charge in [-0.15, -0.1) is 0 Å². The van der Waals surface area contributed by atoms with Crippen molar-refractivity contribution in [1.29, 1.82) is 0 Å². The van der Waals surface area contributed by atoms with E-state index in [-0.39, 0.29) is 16.7 Å². The van der Waals surface area contributed by atoms with E-state index in [0.29, 0.717) is 11.4 Å². The molecule has 0 aliphatic rings. The number of rotatable bonds is 2. The first kappa shape index (κ1) is 12.4. The summed E-state index contributed by atoms with van der Waals surface area (Å²) in [6, 6.07) is 8.04. The lowest BCUT2D eigenvalue weighted by Gasteiger charge is -2.07. The van der Waals surface area contributed by atoms with Crippen LogP contribution in [0.15, 0.2) is 36.5 Å². The van der Waals surface area contributed by atoms with Gasteiger partial charge in [0, 0.05) is 11.9 Å². The van der Waals surface area contributed by atoms with Gasteiger partial charge in [0.1, 0.15) is 11.4 Å². The SMILES string of the molecule is Cc1cccnc1C(=O)Nc1ccc(O)c(Cl)c1. The summed E-state index contributed by atoms with van der Waals surface area (Å²) in [5.74, 6) is -0.335. The molecule has 18 heavy (non-hydrogen) atoms. The van der Waals surface area contributed by atoms with Crippen LogP contribution in [0.4, 0.5) is 5.69 Å². The highest BCUT2D eigenvalue weighted by atomic mass is 35.5. The van der Waals surface area contributed by atoms with Gasteiger partial charge in [-0.05, 0) is 36.8 Å². The fourth-order valence-corrected chi connectivity index (χ4v) is 1.68. The Hall–Kier alpha value is -2.07. The van der Waals surface area contributed by atoms with E-state index in [1.54, 1.807) is 18.3 Å². The van der Waals surface area contributed by atoms with E-state index >= 15 is 0 Å². The Balaban J connectivity index is 2.22. The largest absolute Gasteiger partial charge is 0.506 e. The van der Waals surface area contributed by atoms with E-state index in [1.165, 1.54) is 12.1 Å². The number of pyridine rings is 1. The monoisotopic (exact) mass is 262 g/mol. The van der Waals surface area contributed by atoms with Gasteiger partial charge in [-0.25, -0.2) is 0 Å². The number of benzene rings is 1. The third-order valence-electron chi connectivity index (χ3n) is 2.43. The van der Waals surface area contributed by atoms with Gasteiger partial charge in [0.15, 0.2) is 0 Å². The second kappa shape index (κ2) is 5.06. The summed E-state index contributed by atoms with van der Waals surface area (Å²) in [6.07, 6.45) is 1.56. The predicted molar refractivity (Wildman–Crippen MR) is 70.0 cm³/mol. The highest BCUT2D eigenvalue weighted by Gasteiger charge is 2.10. The number of aromatic nitrogens is 1. The Bertz CT molecular complexity index is 599. The number of anilines is 1. The van der Waals surface area contributed by atoms with Crippen molar-refractivity contribution >= 4 is 23.2 Å². The van der Waals surface area contributed by atoms with Crippen LogP contribution in [-0.4, -0.2) is 16.0 Å². The number of aryl methyl sites for hydroxylation is 1. The van der Waals surface area contributed by atoms with E-state index in [9.17, 15) is 9.90 Å². The summed E-state index contributed by atoms with van der Waals surface area (Å²) >= 11 is 5.76. The maximum Gasteiger partial charge on any atom is 0.274 e. The molecule has 0 radical (unpaired) electrons. The van der Waals surface area contributed by atoms with Crippen LogP contribution < -0.4 is 5.32 Å². The Morgan fingerprint density at radius 1 is 1.39 bits per heavy atom. The number of hydrogen-bond acceptors (Lipinski definition) is 3. The van der Waals surface area contributed by atoms with Crippen molar-refractivity contribution in [2.24, 2.45) is 0 Å². The molecule has 0 unspecified atom stereocenters. The highest BCUT2D eigenvalue weighted by molar-refractivity contribution is 6.32. The number of amides is 1. The van der Waals surface area contributed by atoms with E-state index < -0.39 is 0 Å². The van der Waals surface area contributed by atoms with E-state index in [1.807, 2.05) is 13.0 Å². The lowest BCUT2D eigenvalue weighted by molar-refractivity contribution is 0.102. The molecule has 0 fully saturated rings. The molecule has 1 aromatic heterocycles. The average molecular weight is 263 g/mol. The van der Waals surface area contributed by atoms with Crippen molar-refractivity contribution in [3.8, 4) is 5.75 Å². The molecular formula is C13H11ClN2O2. The summed E-state index contributed by atoms with van der Waals surface area (Å²) in [5.41, 5.74) is 1.66. The van der Waals surface area contributed by atoms with Crippen LogP contribution in [-0.2, 0) is 0 Å². The number of halogens is 1. The standard InChI is InChI=1S/C13H11ClN2O2/c1-8-3-2-6-15-12(8)13(18)16-9-4-5-11(17)10(14)7-9/h2-7,17H,1H3,(H,16,18). The van der Waals surface area contributed by atoms with Crippen molar-refractivity contribution in [1.82, 2.24) is 4.98 Å². The van der Waals surface area contributed by atoms with Gasteiger partial charge in [-0.1, -0.05) is 17.7 Å². The van der Waals surface area contributed by atoms with Crippen molar-refractivity contribution in [2.75, 3.05) is 5.32 Å². The molecule has 2 N–H and O–H groups in total. The quantitative estimate of drug-likeness (QED) is 0.818. The van der Waals surface area contributed by atoms with Gasteiger partial charge in [0.05, 0.1) is 5.02 Å². The first-order valence-electron chi connectivity index (χ1n) is 5.29. The molecule has 0 bridgehead atoms. The number of phenols is 1. The molecular weight excluding hydrogens is 252 g/mol. The molecule has 2 aromatic rings. The summed E-state index contributed by atoms with van der Waals surface area (Å²) in [6.45, 7) is 1.81. The van der Waals surface area contributed by atoms with Crippen molar-refractivity contribution in [2.45, 2.75) is 6.92 Å². The van der Waals surface area contributed by atoms with Crippen LogP contribution in [0.25, 0.3) is 0 Å². The maximum absolute atomic E-state index is 12.0. The number of carbonyl (C=O) groups excluding carboxylic acids is 1. The molecule has 0 spiro atoms. The molecule has 5 heteroatoms. The number of hydrogen-bond donors (Lipinski definition) is 2. The number of nitrogens with zero attached hydrogens (tertiary/aromatic N) is 1. The fraction of sp³-hybridized carbons (Fsp3) is 0.0769. The van der Waals surface area contributed by atoms with Crippen molar-refractivity contribution in [3.63, 3.8) is 0 Å². The van der Waals surface area contributed by atoms with Gasteiger partial charge in [0.25, 0.3) is 5.91 Å². The first-order chi connectivity index (χ1) is 8.58. The lowest BCUT2D eigenvalue weighted by Crippen LogP contribution is -2.14. The molecule has 1 amide bonds.